The van der Waals surface area contributed by atoms with Crippen LogP contribution in [0, 0.1) is 7.14 Å². The highest BCUT2D eigenvalue weighted by atomic mass is 127. The van der Waals surface area contributed by atoms with Crippen LogP contribution in [-0.4, -0.2) is 18.9 Å². The third kappa shape index (κ3) is 4.40. The number of Topliss-reactive ketones (excluding diaryl/α,β-unsaturated/α-hetero) is 1. The largest absolute Gasteiger partial charge is 0.488 e. The Kier molecular flexibility index (Phi) is 6.71. The van der Waals surface area contributed by atoms with E-state index in [1.807, 2.05) is 61.5 Å². The predicted octanol–water partition coefficient (Wildman–Crippen LogP) is 6.22. The Labute approximate surface area is 230 Å². The van der Waals surface area contributed by atoms with Gasteiger partial charge in [-0.25, -0.2) is 4.79 Å². The topological polar surface area (TPSA) is 64.6 Å². The van der Waals surface area contributed by atoms with E-state index in [1.54, 1.807) is 0 Å². The molecule has 0 radical (unpaired) electrons. The Balaban J connectivity index is 1.53. The molecule has 0 saturated heterocycles. The van der Waals surface area contributed by atoms with Gasteiger partial charge in [-0.15, -0.1) is 0 Å². The lowest BCUT2D eigenvalue weighted by atomic mass is 9.80. The Morgan fingerprint density at radius 1 is 1.00 bits per heavy atom. The number of nitrogens with one attached hydrogen (secondary N) is 1. The number of esters is 1. The molecule has 0 saturated carbocycles. The molecule has 0 bridgehead atoms. The normalized spacial score (nSPS) is 16.6. The van der Waals surface area contributed by atoms with Gasteiger partial charge in [0.15, 0.2) is 5.78 Å². The van der Waals surface area contributed by atoms with E-state index in [2.05, 4.69) is 62.6 Å². The molecule has 1 heterocycles. The van der Waals surface area contributed by atoms with Gasteiger partial charge in [-0.05, 0) is 87.5 Å². The molecule has 3 aromatic rings. The van der Waals surface area contributed by atoms with Crippen LogP contribution in [0.25, 0.3) is 5.70 Å². The first-order valence-corrected chi connectivity index (χ1v) is 13.2. The molecule has 5 nitrogen and oxygen atoms in total. The maximum absolute atomic E-state index is 13.5. The summed E-state index contributed by atoms with van der Waals surface area (Å²) in [6.07, 6.45) is 0. The number of carbonyl (C=O) groups excluding carboxylic acids is 2. The zero-order valence-corrected chi connectivity index (χ0v) is 23.3. The highest BCUT2D eigenvalue weighted by Gasteiger charge is 2.42. The van der Waals surface area contributed by atoms with E-state index in [0.717, 1.165) is 31.7 Å². The summed E-state index contributed by atoms with van der Waals surface area (Å²) in [6, 6.07) is 21.5. The number of hydrogen-bond acceptors (Lipinski definition) is 5. The summed E-state index contributed by atoms with van der Waals surface area (Å²) >= 11 is 4.52. The molecule has 1 atom stereocenters. The van der Waals surface area contributed by atoms with E-state index in [0.29, 0.717) is 29.0 Å². The van der Waals surface area contributed by atoms with Crippen molar-refractivity contribution < 1.29 is 19.1 Å². The van der Waals surface area contributed by atoms with Gasteiger partial charge >= 0.3 is 5.97 Å². The Hall–Kier alpha value is -2.66. The number of rotatable bonds is 5. The zero-order chi connectivity index (χ0) is 24.7. The maximum atomic E-state index is 13.5. The molecule has 176 valence electrons. The van der Waals surface area contributed by atoms with Crippen molar-refractivity contribution in [1.82, 2.24) is 5.32 Å². The van der Waals surface area contributed by atoms with Crippen LogP contribution in [0.1, 0.15) is 39.9 Å². The number of ketones is 1. The quantitative estimate of drug-likeness (QED) is 0.255. The summed E-state index contributed by atoms with van der Waals surface area (Å²) in [5.74, 6) is -0.324. The zero-order valence-electron chi connectivity index (χ0n) is 19.0. The number of ether oxygens (including phenoxy) is 2. The number of dihydropyridines is 1. The molecular weight excluding hydrogens is 668 g/mol. The van der Waals surface area contributed by atoms with Gasteiger partial charge in [-0.2, -0.15) is 0 Å². The molecule has 1 aliphatic carbocycles. The lowest BCUT2D eigenvalue weighted by Gasteiger charge is -2.29. The lowest BCUT2D eigenvalue weighted by molar-refractivity contribution is -0.136. The minimum Gasteiger partial charge on any atom is -0.488 e. The van der Waals surface area contributed by atoms with Crippen LogP contribution in [0.4, 0.5) is 0 Å². The van der Waals surface area contributed by atoms with Crippen molar-refractivity contribution in [2.75, 3.05) is 7.11 Å². The summed E-state index contributed by atoms with van der Waals surface area (Å²) in [4.78, 5) is 26.4. The second kappa shape index (κ2) is 9.77. The van der Waals surface area contributed by atoms with Crippen molar-refractivity contribution in [3.63, 3.8) is 0 Å². The molecule has 1 N–H and O–H groups in total. The maximum Gasteiger partial charge on any atom is 0.336 e. The number of methoxy groups -OCH3 is 1. The molecule has 0 amide bonds. The first-order valence-electron chi connectivity index (χ1n) is 11.0. The fourth-order valence-corrected chi connectivity index (χ4v) is 5.65. The van der Waals surface area contributed by atoms with E-state index in [-0.39, 0.29) is 5.78 Å². The third-order valence-electron chi connectivity index (χ3n) is 6.25. The molecule has 3 aromatic carbocycles. The van der Waals surface area contributed by atoms with Gasteiger partial charge in [0.25, 0.3) is 0 Å². The second-order valence-corrected chi connectivity index (χ2v) is 10.8. The lowest BCUT2D eigenvalue weighted by Crippen LogP contribution is -2.29. The van der Waals surface area contributed by atoms with Crippen molar-refractivity contribution >= 4 is 62.6 Å². The predicted molar refractivity (Wildman–Crippen MR) is 151 cm³/mol. The second-order valence-electron chi connectivity index (χ2n) is 8.36. The van der Waals surface area contributed by atoms with Crippen molar-refractivity contribution in [3.8, 4) is 5.75 Å². The molecule has 5 rings (SSSR count). The van der Waals surface area contributed by atoms with E-state index < -0.39 is 11.9 Å². The van der Waals surface area contributed by atoms with Gasteiger partial charge in [0.2, 0.25) is 0 Å². The van der Waals surface area contributed by atoms with E-state index in [1.165, 1.54) is 10.7 Å². The first-order chi connectivity index (χ1) is 16.9. The van der Waals surface area contributed by atoms with Gasteiger partial charge in [-0.1, -0.05) is 42.5 Å². The number of benzene rings is 3. The molecule has 0 aromatic heterocycles. The molecule has 1 aliphatic heterocycles. The highest BCUT2D eigenvalue weighted by Crippen LogP contribution is 2.47. The molecule has 0 fully saturated rings. The van der Waals surface area contributed by atoms with Crippen molar-refractivity contribution in [3.05, 3.63) is 113 Å². The fourth-order valence-electron chi connectivity index (χ4n) is 4.60. The molecular formula is C28H21I2NO4. The smallest absolute Gasteiger partial charge is 0.336 e. The molecule has 35 heavy (non-hydrogen) atoms. The Bertz CT molecular complexity index is 1420. The summed E-state index contributed by atoms with van der Waals surface area (Å²) < 4.78 is 13.3. The molecule has 2 aliphatic rings. The average molecular weight is 689 g/mol. The first kappa shape index (κ1) is 24.1. The Morgan fingerprint density at radius 2 is 1.71 bits per heavy atom. The average Bonchev–Trinajstić information content (AvgIpc) is 3.14. The highest BCUT2D eigenvalue weighted by molar-refractivity contribution is 14.1. The standard InChI is InChI=1S/C28H21I2NO4/c1-15-23(28(33)34-2)24(25-26(31-15)19-5-3-4-6-20(19)27(25)32)17-9-12-22(21(30)13-17)35-14-16-7-10-18(29)11-8-16/h3-13,24,31H,14H2,1-2H3/t24-/m1/s1. The van der Waals surface area contributed by atoms with Crippen LogP contribution in [0.3, 0.4) is 0 Å². The molecule has 7 heteroatoms. The number of hydrogen-bond donors (Lipinski definition) is 1. The summed E-state index contributed by atoms with van der Waals surface area (Å²) in [7, 11) is 1.36. The van der Waals surface area contributed by atoms with E-state index in [4.69, 9.17) is 9.47 Å². The summed E-state index contributed by atoms with van der Waals surface area (Å²) in [6.45, 7) is 2.30. The fraction of sp³-hybridized carbons (Fsp3) is 0.143. The number of fused-ring (bicyclic) bond motifs is 2. The number of carbonyl (C=O) groups is 2. The number of halogens is 2. The van der Waals surface area contributed by atoms with Crippen LogP contribution in [0.5, 0.6) is 5.75 Å². The monoisotopic (exact) mass is 689 g/mol. The Morgan fingerprint density at radius 3 is 2.40 bits per heavy atom. The van der Waals surface area contributed by atoms with Crippen LogP contribution in [0.2, 0.25) is 0 Å². The van der Waals surface area contributed by atoms with Crippen LogP contribution in [-0.2, 0) is 16.1 Å². The summed E-state index contributed by atoms with van der Waals surface area (Å²) in [5, 5.41) is 3.31. The van der Waals surface area contributed by atoms with Gasteiger partial charge < -0.3 is 14.8 Å². The van der Waals surface area contributed by atoms with Gasteiger partial charge in [0.05, 0.1) is 22.0 Å². The SMILES string of the molecule is COC(=O)C1=C(C)NC2=C(C(=O)c3ccccc32)[C@@H]1c1ccc(OCc2ccc(I)cc2)c(I)c1. The van der Waals surface area contributed by atoms with Gasteiger partial charge in [0, 0.05) is 31.9 Å². The molecule has 0 unspecified atom stereocenters. The van der Waals surface area contributed by atoms with Crippen LogP contribution < -0.4 is 10.1 Å². The minimum absolute atomic E-state index is 0.0731. The van der Waals surface area contributed by atoms with E-state index in [9.17, 15) is 9.59 Å². The van der Waals surface area contributed by atoms with Gasteiger partial charge in [-0.3, -0.25) is 4.79 Å². The number of allylic oxidation sites excluding steroid dienone is 2. The minimum atomic E-state index is -0.544. The summed E-state index contributed by atoms with van der Waals surface area (Å²) in [5.41, 5.74) is 5.87. The molecule has 0 spiro atoms. The van der Waals surface area contributed by atoms with Crippen molar-refractivity contribution in [1.29, 1.82) is 0 Å². The van der Waals surface area contributed by atoms with Gasteiger partial charge in [0.1, 0.15) is 12.4 Å². The van der Waals surface area contributed by atoms with Crippen LogP contribution in [0.15, 0.2) is 83.6 Å². The van der Waals surface area contributed by atoms with Crippen LogP contribution >= 0.6 is 45.2 Å². The van der Waals surface area contributed by atoms with Crippen molar-refractivity contribution in [2.45, 2.75) is 19.4 Å². The van der Waals surface area contributed by atoms with Crippen molar-refractivity contribution in [2.24, 2.45) is 0 Å². The third-order valence-corrected chi connectivity index (χ3v) is 7.81. The van der Waals surface area contributed by atoms with E-state index >= 15 is 0 Å².